The van der Waals surface area contributed by atoms with Gasteiger partial charge in [0.15, 0.2) is 6.10 Å². The summed E-state index contributed by atoms with van der Waals surface area (Å²) in [5.74, 6) is -0.843. The molecule has 0 rings (SSSR count). The molecule has 0 aliphatic heterocycles. The molecule has 10 heteroatoms. The fourth-order valence-electron chi connectivity index (χ4n) is 7.36. The lowest BCUT2D eigenvalue weighted by molar-refractivity contribution is -0.870. The molecule has 0 aromatic heterocycles. The van der Waals surface area contributed by atoms with Crippen LogP contribution in [0.1, 0.15) is 239 Å². The van der Waals surface area contributed by atoms with Crippen molar-refractivity contribution in [2.75, 3.05) is 47.5 Å². The number of nitrogens with zero attached hydrogens (tertiary/aromatic N) is 1. The lowest BCUT2D eigenvalue weighted by Crippen LogP contribution is -2.37. The highest BCUT2D eigenvalue weighted by Crippen LogP contribution is 2.38. The second-order valence-corrected chi connectivity index (χ2v) is 20.6. The van der Waals surface area contributed by atoms with Crippen LogP contribution < -0.4 is 4.89 Å². The van der Waals surface area contributed by atoms with Crippen molar-refractivity contribution in [2.24, 2.45) is 0 Å². The number of carbonyl (C=O) groups is 2. The minimum Gasteiger partial charge on any atom is -0.756 e. The number of phosphoric acid groups is 1. The average molecular weight is 936 g/mol. The van der Waals surface area contributed by atoms with E-state index < -0.39 is 32.5 Å². The fourth-order valence-corrected chi connectivity index (χ4v) is 8.09. The first kappa shape index (κ1) is 63.0. The smallest absolute Gasteiger partial charge is 0.306 e. The molecular weight excluding hydrogens is 834 g/mol. The van der Waals surface area contributed by atoms with E-state index in [1.807, 2.05) is 21.1 Å². The molecule has 0 fully saturated rings. The molecular formula is C55H102NO8P. The van der Waals surface area contributed by atoms with E-state index in [4.69, 9.17) is 18.5 Å². The molecule has 0 amide bonds. The van der Waals surface area contributed by atoms with Gasteiger partial charge in [-0.25, -0.2) is 0 Å². The summed E-state index contributed by atoms with van der Waals surface area (Å²) >= 11 is 0. The molecule has 0 heterocycles. The molecule has 9 nitrogen and oxygen atoms in total. The molecule has 0 bridgehead atoms. The number of hydrogen-bond acceptors (Lipinski definition) is 8. The third-order valence-corrected chi connectivity index (χ3v) is 12.5. The Morgan fingerprint density at radius 1 is 0.477 bits per heavy atom. The quantitative estimate of drug-likeness (QED) is 0.0195. The Bertz CT molecular complexity index is 1240. The van der Waals surface area contributed by atoms with Crippen LogP contribution >= 0.6 is 7.82 Å². The Kier molecular flexibility index (Phi) is 45.6. The minimum absolute atomic E-state index is 0.0336. The van der Waals surface area contributed by atoms with Crippen molar-refractivity contribution in [2.45, 2.75) is 245 Å². The van der Waals surface area contributed by atoms with E-state index in [9.17, 15) is 19.0 Å². The van der Waals surface area contributed by atoms with Crippen molar-refractivity contribution < 1.29 is 42.1 Å². The van der Waals surface area contributed by atoms with Crippen LogP contribution in [0.2, 0.25) is 0 Å². The van der Waals surface area contributed by atoms with Crippen molar-refractivity contribution in [1.82, 2.24) is 0 Å². The van der Waals surface area contributed by atoms with Crippen LogP contribution in [0.3, 0.4) is 0 Å². The predicted molar refractivity (Wildman–Crippen MR) is 273 cm³/mol. The molecule has 0 saturated heterocycles. The maximum atomic E-state index is 12.8. The van der Waals surface area contributed by atoms with Crippen molar-refractivity contribution in [3.63, 3.8) is 0 Å². The molecule has 0 N–H and O–H groups in total. The van der Waals surface area contributed by atoms with E-state index in [0.29, 0.717) is 17.4 Å². The van der Waals surface area contributed by atoms with Gasteiger partial charge in [-0.1, -0.05) is 197 Å². The van der Waals surface area contributed by atoms with E-state index in [0.717, 1.165) is 77.0 Å². The average Bonchev–Trinajstić information content (AvgIpc) is 3.26. The third kappa shape index (κ3) is 51.2. The summed E-state index contributed by atoms with van der Waals surface area (Å²) in [6.45, 7) is 4.22. The van der Waals surface area contributed by atoms with Crippen molar-refractivity contribution in [3.05, 3.63) is 48.6 Å². The summed E-state index contributed by atoms with van der Waals surface area (Å²) in [5, 5.41) is 0. The molecule has 0 saturated carbocycles. The maximum absolute atomic E-state index is 12.8. The first-order valence-electron chi connectivity index (χ1n) is 26.8. The van der Waals surface area contributed by atoms with Crippen LogP contribution in [0.15, 0.2) is 48.6 Å². The van der Waals surface area contributed by atoms with Crippen molar-refractivity contribution in [1.29, 1.82) is 0 Å². The zero-order valence-electron chi connectivity index (χ0n) is 42.9. The molecule has 0 aromatic rings. The maximum Gasteiger partial charge on any atom is 0.306 e. The number of unbranched alkanes of at least 4 members (excludes halogenated alkanes) is 27. The summed E-state index contributed by atoms with van der Waals surface area (Å²) in [5.41, 5.74) is 0. The van der Waals surface area contributed by atoms with E-state index in [-0.39, 0.29) is 26.1 Å². The first-order valence-corrected chi connectivity index (χ1v) is 28.3. The third-order valence-electron chi connectivity index (χ3n) is 11.6. The molecule has 65 heavy (non-hydrogen) atoms. The summed E-state index contributed by atoms with van der Waals surface area (Å²) in [7, 11) is 1.16. The number of phosphoric ester groups is 1. The van der Waals surface area contributed by atoms with Gasteiger partial charge in [-0.05, 0) is 77.0 Å². The van der Waals surface area contributed by atoms with E-state index in [1.54, 1.807) is 0 Å². The number of esters is 2. The highest BCUT2D eigenvalue weighted by molar-refractivity contribution is 7.45. The molecule has 0 aliphatic carbocycles. The Labute approximate surface area is 401 Å². The van der Waals surface area contributed by atoms with Gasteiger partial charge in [0.05, 0.1) is 27.7 Å². The predicted octanol–water partition coefficient (Wildman–Crippen LogP) is 15.6. The molecule has 2 unspecified atom stereocenters. The highest BCUT2D eigenvalue weighted by Gasteiger charge is 2.21. The van der Waals surface area contributed by atoms with Crippen molar-refractivity contribution >= 4 is 19.8 Å². The van der Waals surface area contributed by atoms with Crippen LogP contribution in [-0.2, 0) is 32.7 Å². The van der Waals surface area contributed by atoms with Crippen LogP contribution in [-0.4, -0.2) is 70.0 Å². The van der Waals surface area contributed by atoms with E-state index >= 15 is 0 Å². The Balaban J connectivity index is 4.22. The van der Waals surface area contributed by atoms with Gasteiger partial charge in [-0.15, -0.1) is 0 Å². The molecule has 2 atom stereocenters. The lowest BCUT2D eigenvalue weighted by Gasteiger charge is -2.28. The summed E-state index contributed by atoms with van der Waals surface area (Å²) < 4.78 is 34.1. The second kappa shape index (κ2) is 47.1. The lowest BCUT2D eigenvalue weighted by atomic mass is 10.0. The Morgan fingerprint density at radius 3 is 1.25 bits per heavy atom. The molecule has 0 aromatic carbocycles. The fraction of sp³-hybridized carbons (Fsp3) is 0.818. The number of hydrogen-bond donors (Lipinski definition) is 0. The van der Waals surface area contributed by atoms with Gasteiger partial charge in [0.2, 0.25) is 0 Å². The van der Waals surface area contributed by atoms with Gasteiger partial charge >= 0.3 is 11.9 Å². The number of carbonyl (C=O) groups excluding carboxylic acids is 2. The molecule has 0 spiro atoms. The number of ether oxygens (including phenoxy) is 2. The second-order valence-electron chi connectivity index (χ2n) is 19.2. The van der Waals surface area contributed by atoms with Gasteiger partial charge in [-0.3, -0.25) is 14.2 Å². The summed E-state index contributed by atoms with van der Waals surface area (Å²) in [6, 6.07) is 0. The van der Waals surface area contributed by atoms with Gasteiger partial charge in [0, 0.05) is 12.8 Å². The molecule has 380 valence electrons. The normalized spacial score (nSPS) is 13.8. The van der Waals surface area contributed by atoms with Gasteiger partial charge < -0.3 is 27.9 Å². The standard InChI is InChI=1S/C55H102NO8P/c1-6-8-10-12-14-16-18-20-22-24-25-26-27-28-29-30-31-32-34-36-38-40-42-44-46-48-55(58)64-53(52-63-65(59,60)62-50-49-56(3,4)5)51-61-54(57)47-45-43-41-39-37-35-33-23-21-19-17-15-13-11-9-7-2/h18,20,23-25,27-28,33,53H,6-17,19,21-22,26,29-32,34-52H2,1-5H3/b20-18-,25-24-,28-27-,33-23-. The van der Waals surface area contributed by atoms with E-state index in [1.165, 1.54) is 128 Å². The largest absolute Gasteiger partial charge is 0.756 e. The van der Waals surface area contributed by atoms with Crippen LogP contribution in [0.25, 0.3) is 0 Å². The minimum atomic E-state index is -4.63. The number of quaternary nitrogens is 1. The number of rotatable bonds is 49. The number of allylic oxidation sites excluding steroid dienone is 8. The summed E-state index contributed by atoms with van der Waals surface area (Å²) in [4.78, 5) is 37.7. The number of likely N-dealkylation sites (N-methyl/N-ethyl adjacent to an activating group) is 1. The Hall–Kier alpha value is -2.03. The monoisotopic (exact) mass is 936 g/mol. The van der Waals surface area contributed by atoms with Crippen molar-refractivity contribution in [3.8, 4) is 0 Å². The van der Waals surface area contributed by atoms with Gasteiger partial charge in [0.25, 0.3) is 7.82 Å². The zero-order chi connectivity index (χ0) is 47.8. The Morgan fingerprint density at radius 2 is 0.831 bits per heavy atom. The van der Waals surface area contributed by atoms with Crippen LogP contribution in [0.5, 0.6) is 0 Å². The van der Waals surface area contributed by atoms with E-state index in [2.05, 4.69) is 62.5 Å². The van der Waals surface area contributed by atoms with Crippen LogP contribution in [0, 0.1) is 0 Å². The SMILES string of the molecule is CCCCCCC/C=C\C/C=C\C/C=C\CCCCCCCCCCCCC(=O)OC(COC(=O)CCCCCCC/C=C\CCCCCCCCC)COP(=O)([O-])OCC[N+](C)(C)C. The first-order chi connectivity index (χ1) is 31.5. The van der Waals surface area contributed by atoms with Gasteiger partial charge in [0.1, 0.15) is 19.8 Å². The topological polar surface area (TPSA) is 111 Å². The highest BCUT2D eigenvalue weighted by atomic mass is 31.2. The zero-order valence-corrected chi connectivity index (χ0v) is 43.8. The molecule has 0 aliphatic rings. The van der Waals surface area contributed by atoms with Crippen LogP contribution in [0.4, 0.5) is 0 Å². The summed E-state index contributed by atoms with van der Waals surface area (Å²) in [6.07, 6.45) is 57.1. The molecule has 0 radical (unpaired) electrons. The van der Waals surface area contributed by atoms with Gasteiger partial charge in [-0.2, -0.15) is 0 Å².